The first-order valence-electron chi connectivity index (χ1n) is 4.70. The SMILES string of the molecule is CCOC(=O)c1c(C(F)F)ccc(I)c1C#N. The topological polar surface area (TPSA) is 50.1 Å². The maximum Gasteiger partial charge on any atom is 0.340 e. The van der Waals surface area contributed by atoms with E-state index >= 15 is 0 Å². The zero-order valence-corrected chi connectivity index (χ0v) is 11.0. The van der Waals surface area contributed by atoms with E-state index in [4.69, 9.17) is 5.26 Å². The first-order valence-corrected chi connectivity index (χ1v) is 5.78. The van der Waals surface area contributed by atoms with Crippen molar-refractivity contribution in [2.75, 3.05) is 6.61 Å². The van der Waals surface area contributed by atoms with Crippen molar-refractivity contribution in [1.82, 2.24) is 0 Å². The molecule has 1 aromatic carbocycles. The van der Waals surface area contributed by atoms with Crippen molar-refractivity contribution in [1.29, 1.82) is 5.26 Å². The van der Waals surface area contributed by atoms with Gasteiger partial charge < -0.3 is 4.74 Å². The van der Waals surface area contributed by atoms with Crippen molar-refractivity contribution in [2.24, 2.45) is 0 Å². The van der Waals surface area contributed by atoms with Gasteiger partial charge in [0.1, 0.15) is 6.07 Å². The molecule has 3 nitrogen and oxygen atoms in total. The highest BCUT2D eigenvalue weighted by Gasteiger charge is 2.24. The van der Waals surface area contributed by atoms with E-state index in [1.54, 1.807) is 13.0 Å². The zero-order chi connectivity index (χ0) is 13.0. The molecule has 0 unspecified atom stereocenters. The van der Waals surface area contributed by atoms with Gasteiger partial charge in [0.25, 0.3) is 6.43 Å². The summed E-state index contributed by atoms with van der Waals surface area (Å²) < 4.78 is 30.6. The average Bonchev–Trinajstić information content (AvgIpc) is 2.28. The van der Waals surface area contributed by atoms with E-state index in [0.717, 1.165) is 6.07 Å². The standard InChI is InChI=1S/C11H8F2INO2/c1-2-17-11(16)9-6(10(12)13)3-4-8(14)7(9)5-15/h3-4,10H,2H2,1H3. The van der Waals surface area contributed by atoms with Crippen LogP contribution in [-0.2, 0) is 4.74 Å². The van der Waals surface area contributed by atoms with Crippen molar-refractivity contribution >= 4 is 28.6 Å². The van der Waals surface area contributed by atoms with Crippen molar-refractivity contribution < 1.29 is 18.3 Å². The summed E-state index contributed by atoms with van der Waals surface area (Å²) in [6, 6.07) is 4.27. The van der Waals surface area contributed by atoms with Gasteiger partial charge >= 0.3 is 5.97 Å². The molecule has 1 aromatic rings. The number of ether oxygens (including phenoxy) is 1. The number of esters is 1. The molecule has 0 spiro atoms. The lowest BCUT2D eigenvalue weighted by Gasteiger charge is -2.10. The van der Waals surface area contributed by atoms with Gasteiger partial charge in [-0.05, 0) is 35.6 Å². The van der Waals surface area contributed by atoms with Gasteiger partial charge in [-0.1, -0.05) is 6.07 Å². The third-order valence-corrected chi connectivity index (χ3v) is 2.91. The van der Waals surface area contributed by atoms with Crippen molar-refractivity contribution in [2.45, 2.75) is 13.3 Å². The van der Waals surface area contributed by atoms with Crippen LogP contribution in [0.3, 0.4) is 0 Å². The minimum atomic E-state index is -2.82. The largest absolute Gasteiger partial charge is 0.462 e. The van der Waals surface area contributed by atoms with Crippen LogP contribution in [-0.4, -0.2) is 12.6 Å². The van der Waals surface area contributed by atoms with Crippen LogP contribution in [0.15, 0.2) is 12.1 Å². The summed E-state index contributed by atoms with van der Waals surface area (Å²) in [5.41, 5.74) is -0.876. The molecule has 0 saturated heterocycles. The molecule has 0 fully saturated rings. The molecule has 0 saturated carbocycles. The third kappa shape index (κ3) is 2.91. The van der Waals surface area contributed by atoms with Crippen LogP contribution < -0.4 is 0 Å². The smallest absolute Gasteiger partial charge is 0.340 e. The molecule has 90 valence electrons. The monoisotopic (exact) mass is 351 g/mol. The number of alkyl halides is 2. The molecular formula is C11H8F2INO2. The fraction of sp³-hybridized carbons (Fsp3) is 0.273. The molecule has 0 aliphatic heterocycles. The highest BCUT2D eigenvalue weighted by Crippen LogP contribution is 2.28. The Morgan fingerprint density at radius 2 is 2.24 bits per heavy atom. The van der Waals surface area contributed by atoms with E-state index in [0.29, 0.717) is 3.57 Å². The van der Waals surface area contributed by atoms with Crippen LogP contribution in [0.25, 0.3) is 0 Å². The molecule has 0 heterocycles. The number of benzene rings is 1. The van der Waals surface area contributed by atoms with Crippen LogP contribution in [0.4, 0.5) is 8.78 Å². The van der Waals surface area contributed by atoms with E-state index in [-0.39, 0.29) is 17.7 Å². The Labute approximate surface area is 111 Å². The van der Waals surface area contributed by atoms with E-state index < -0.39 is 18.0 Å². The van der Waals surface area contributed by atoms with E-state index in [1.807, 2.05) is 22.6 Å². The maximum atomic E-state index is 12.8. The van der Waals surface area contributed by atoms with Crippen LogP contribution in [0, 0.1) is 14.9 Å². The fourth-order valence-electron chi connectivity index (χ4n) is 1.31. The predicted molar refractivity (Wildman–Crippen MR) is 64.8 cm³/mol. The van der Waals surface area contributed by atoms with Gasteiger partial charge in [-0.2, -0.15) is 5.26 Å². The number of nitrogens with zero attached hydrogens (tertiary/aromatic N) is 1. The second-order valence-corrected chi connectivity index (χ2v) is 4.18. The van der Waals surface area contributed by atoms with Crippen LogP contribution in [0.1, 0.15) is 34.8 Å². The molecule has 6 heteroatoms. The molecule has 0 N–H and O–H groups in total. The molecule has 0 aromatic heterocycles. The predicted octanol–water partition coefficient (Wildman–Crippen LogP) is 3.28. The van der Waals surface area contributed by atoms with Gasteiger partial charge in [0, 0.05) is 9.13 Å². The summed E-state index contributed by atoms with van der Waals surface area (Å²) in [6.45, 7) is 1.64. The van der Waals surface area contributed by atoms with Crippen LogP contribution in [0.2, 0.25) is 0 Å². The normalized spacial score (nSPS) is 10.1. The van der Waals surface area contributed by atoms with Gasteiger partial charge in [-0.3, -0.25) is 0 Å². The molecule has 0 bridgehead atoms. The molecule has 17 heavy (non-hydrogen) atoms. The number of carbonyl (C=O) groups excluding carboxylic acids is 1. The van der Waals surface area contributed by atoms with Gasteiger partial charge in [0.05, 0.1) is 17.7 Å². The van der Waals surface area contributed by atoms with Gasteiger partial charge in [0.2, 0.25) is 0 Å². The van der Waals surface area contributed by atoms with Crippen LogP contribution in [0.5, 0.6) is 0 Å². The zero-order valence-electron chi connectivity index (χ0n) is 8.84. The molecule has 0 atom stereocenters. The average molecular weight is 351 g/mol. The Morgan fingerprint density at radius 1 is 1.59 bits per heavy atom. The summed E-state index contributed by atoms with van der Waals surface area (Å²) in [6.07, 6.45) is -2.82. The number of hydrogen-bond donors (Lipinski definition) is 0. The summed E-state index contributed by atoms with van der Waals surface area (Å²) in [5.74, 6) is -0.891. The van der Waals surface area contributed by atoms with Gasteiger partial charge in [-0.15, -0.1) is 0 Å². The Kier molecular flexibility index (Phi) is 4.81. The lowest BCUT2D eigenvalue weighted by Crippen LogP contribution is -2.12. The van der Waals surface area contributed by atoms with Crippen LogP contribution >= 0.6 is 22.6 Å². The molecule has 1 rings (SSSR count). The molecule has 0 radical (unpaired) electrons. The maximum absolute atomic E-state index is 12.8. The molecule has 0 aliphatic rings. The third-order valence-electron chi connectivity index (χ3n) is 2.01. The number of hydrogen-bond acceptors (Lipinski definition) is 3. The summed E-state index contributed by atoms with van der Waals surface area (Å²) in [4.78, 5) is 11.6. The minimum Gasteiger partial charge on any atom is -0.462 e. The Morgan fingerprint density at radius 3 is 2.71 bits per heavy atom. The van der Waals surface area contributed by atoms with Gasteiger partial charge in [0.15, 0.2) is 0 Å². The number of carbonyl (C=O) groups is 1. The Hall–Kier alpha value is -1.23. The van der Waals surface area contributed by atoms with Crippen molar-refractivity contribution in [3.63, 3.8) is 0 Å². The first-order chi connectivity index (χ1) is 8.02. The molecule has 0 aliphatic carbocycles. The summed E-state index contributed by atoms with van der Waals surface area (Å²) >= 11 is 1.81. The molecular weight excluding hydrogens is 343 g/mol. The Bertz CT molecular complexity index is 483. The van der Waals surface area contributed by atoms with Crippen molar-refractivity contribution in [3.8, 4) is 6.07 Å². The van der Waals surface area contributed by atoms with E-state index in [2.05, 4.69) is 4.74 Å². The first kappa shape index (κ1) is 13.8. The van der Waals surface area contributed by atoms with Crippen molar-refractivity contribution in [3.05, 3.63) is 32.4 Å². The second kappa shape index (κ2) is 5.91. The fourth-order valence-corrected chi connectivity index (χ4v) is 1.88. The Balaban J connectivity index is 3.45. The molecule has 0 amide bonds. The second-order valence-electron chi connectivity index (χ2n) is 3.02. The van der Waals surface area contributed by atoms with E-state index in [9.17, 15) is 13.6 Å². The van der Waals surface area contributed by atoms with E-state index in [1.165, 1.54) is 6.07 Å². The summed E-state index contributed by atoms with van der Waals surface area (Å²) in [7, 11) is 0. The number of rotatable bonds is 3. The number of nitriles is 1. The summed E-state index contributed by atoms with van der Waals surface area (Å²) in [5, 5.41) is 8.92. The highest BCUT2D eigenvalue weighted by molar-refractivity contribution is 14.1. The lowest BCUT2D eigenvalue weighted by atomic mass is 10.0. The quantitative estimate of drug-likeness (QED) is 0.620. The minimum absolute atomic E-state index is 0.0673. The number of halogens is 3. The van der Waals surface area contributed by atoms with Gasteiger partial charge in [-0.25, -0.2) is 13.6 Å². The lowest BCUT2D eigenvalue weighted by molar-refractivity contribution is 0.0515. The highest BCUT2D eigenvalue weighted by atomic mass is 127.